The van der Waals surface area contributed by atoms with E-state index in [4.69, 9.17) is 5.11 Å². The summed E-state index contributed by atoms with van der Waals surface area (Å²) in [7, 11) is 5.92. The summed E-state index contributed by atoms with van der Waals surface area (Å²) >= 11 is 0. The highest BCUT2D eigenvalue weighted by atomic mass is 16.4. The summed E-state index contributed by atoms with van der Waals surface area (Å²) in [6.07, 6.45) is 1.78. The van der Waals surface area contributed by atoms with Crippen LogP contribution in [0.4, 0.5) is 0 Å². The molecule has 1 amide bonds. The van der Waals surface area contributed by atoms with Crippen LogP contribution >= 0.6 is 0 Å². The van der Waals surface area contributed by atoms with Gasteiger partial charge in [-0.2, -0.15) is 0 Å². The zero-order valence-electron chi connectivity index (χ0n) is 16.3. The summed E-state index contributed by atoms with van der Waals surface area (Å²) in [5.41, 5.74) is 3.01. The van der Waals surface area contributed by atoms with Gasteiger partial charge in [-0.1, -0.05) is 42.5 Å². The van der Waals surface area contributed by atoms with Crippen molar-refractivity contribution < 1.29 is 19.2 Å². The Morgan fingerprint density at radius 3 is 2.00 bits per heavy atom. The van der Waals surface area contributed by atoms with Gasteiger partial charge in [0, 0.05) is 5.56 Å². The lowest BCUT2D eigenvalue weighted by Crippen LogP contribution is -2.49. The van der Waals surface area contributed by atoms with Gasteiger partial charge in [0.25, 0.3) is 5.91 Å². The number of rotatable bonds is 9. The van der Waals surface area contributed by atoms with Crippen molar-refractivity contribution in [1.82, 2.24) is 5.32 Å². The standard InChI is InChI=1S/C22H28N2O3/c1-24(2,3)16-20(15-21(25)26)23-22(27)19-13-11-18(12-14-19)10-9-17-7-5-4-6-8-17/h4-8,11-14,20H,9-10,15-16H2,1-3H3,(H-,23,25,26,27)/p+1/t20-/m1/s1. The first-order valence-electron chi connectivity index (χ1n) is 9.19. The van der Waals surface area contributed by atoms with E-state index < -0.39 is 12.0 Å². The van der Waals surface area contributed by atoms with Gasteiger partial charge in [0.05, 0.1) is 40.2 Å². The lowest BCUT2D eigenvalue weighted by Gasteiger charge is -2.29. The summed E-state index contributed by atoms with van der Waals surface area (Å²) in [4.78, 5) is 23.6. The van der Waals surface area contributed by atoms with Gasteiger partial charge in [-0.25, -0.2) is 0 Å². The monoisotopic (exact) mass is 369 g/mol. The van der Waals surface area contributed by atoms with Crippen LogP contribution in [0, 0.1) is 0 Å². The van der Waals surface area contributed by atoms with Crippen LogP contribution in [0.1, 0.15) is 27.9 Å². The van der Waals surface area contributed by atoms with Crippen LogP contribution < -0.4 is 5.32 Å². The average molecular weight is 369 g/mol. The fourth-order valence-corrected chi connectivity index (χ4v) is 3.06. The highest BCUT2D eigenvalue weighted by Crippen LogP contribution is 2.10. The second kappa shape index (κ2) is 9.33. The molecule has 0 aliphatic rings. The maximum Gasteiger partial charge on any atom is 0.305 e. The van der Waals surface area contributed by atoms with Crippen LogP contribution in [0.3, 0.4) is 0 Å². The Hall–Kier alpha value is -2.66. The minimum Gasteiger partial charge on any atom is -0.481 e. The van der Waals surface area contributed by atoms with Crippen molar-refractivity contribution in [1.29, 1.82) is 0 Å². The highest BCUT2D eigenvalue weighted by molar-refractivity contribution is 5.94. The largest absolute Gasteiger partial charge is 0.481 e. The van der Waals surface area contributed by atoms with Gasteiger partial charge in [0.2, 0.25) is 0 Å². The van der Waals surface area contributed by atoms with E-state index in [1.165, 1.54) is 11.1 Å². The van der Waals surface area contributed by atoms with Crippen LogP contribution in [-0.4, -0.2) is 55.2 Å². The maximum atomic E-state index is 12.5. The molecule has 0 fully saturated rings. The van der Waals surface area contributed by atoms with Crippen LogP contribution in [0.5, 0.6) is 0 Å². The number of likely N-dealkylation sites (N-methyl/N-ethyl adjacent to an activating group) is 1. The second-order valence-corrected chi connectivity index (χ2v) is 7.92. The normalized spacial score (nSPS) is 12.4. The first kappa shape index (κ1) is 20.6. The molecular weight excluding hydrogens is 340 g/mol. The van der Waals surface area contributed by atoms with E-state index in [0.29, 0.717) is 16.6 Å². The Bertz CT molecular complexity index is 749. The van der Waals surface area contributed by atoms with E-state index >= 15 is 0 Å². The lowest BCUT2D eigenvalue weighted by molar-refractivity contribution is -0.871. The molecule has 2 aromatic rings. The van der Waals surface area contributed by atoms with Crippen molar-refractivity contribution in [2.75, 3.05) is 27.7 Å². The number of carboxylic acid groups (broad SMARTS) is 1. The predicted molar refractivity (Wildman–Crippen MR) is 107 cm³/mol. The Morgan fingerprint density at radius 2 is 1.48 bits per heavy atom. The molecule has 0 aromatic heterocycles. The van der Waals surface area contributed by atoms with Gasteiger partial charge in [0.15, 0.2) is 0 Å². The van der Waals surface area contributed by atoms with Crippen LogP contribution in [0.25, 0.3) is 0 Å². The average Bonchev–Trinajstić information content (AvgIpc) is 2.59. The van der Waals surface area contributed by atoms with Gasteiger partial charge in [0.1, 0.15) is 0 Å². The van der Waals surface area contributed by atoms with Crippen LogP contribution in [0.15, 0.2) is 54.6 Å². The van der Waals surface area contributed by atoms with Gasteiger partial charge in [-0.3, -0.25) is 9.59 Å². The zero-order valence-corrected chi connectivity index (χ0v) is 16.3. The molecule has 1 atom stereocenters. The molecule has 27 heavy (non-hydrogen) atoms. The molecule has 0 spiro atoms. The number of nitrogens with zero attached hydrogens (tertiary/aromatic N) is 1. The van der Waals surface area contributed by atoms with Crippen molar-refractivity contribution >= 4 is 11.9 Å². The Labute approximate surface area is 161 Å². The van der Waals surface area contributed by atoms with Crippen molar-refractivity contribution in [3.05, 3.63) is 71.3 Å². The van der Waals surface area contributed by atoms with Gasteiger partial charge < -0.3 is 14.9 Å². The quantitative estimate of drug-likeness (QED) is 0.668. The minimum absolute atomic E-state index is 0.0869. The third kappa shape index (κ3) is 7.62. The smallest absolute Gasteiger partial charge is 0.305 e. The third-order valence-electron chi connectivity index (χ3n) is 4.29. The maximum absolute atomic E-state index is 12.5. The van der Waals surface area contributed by atoms with Gasteiger partial charge in [-0.15, -0.1) is 0 Å². The molecule has 5 nitrogen and oxygen atoms in total. The van der Waals surface area contributed by atoms with E-state index in [2.05, 4.69) is 17.4 Å². The SMILES string of the molecule is C[N+](C)(C)C[C@@H](CC(=O)O)NC(=O)c1ccc(CCc2ccccc2)cc1. The van der Waals surface area contributed by atoms with Crippen molar-refractivity contribution in [2.24, 2.45) is 0 Å². The third-order valence-corrected chi connectivity index (χ3v) is 4.29. The van der Waals surface area contributed by atoms with E-state index in [9.17, 15) is 9.59 Å². The summed E-state index contributed by atoms with van der Waals surface area (Å²) in [6.45, 7) is 0.549. The number of hydrogen-bond donors (Lipinski definition) is 2. The molecule has 0 bridgehead atoms. The molecule has 2 aromatic carbocycles. The molecule has 144 valence electrons. The lowest BCUT2D eigenvalue weighted by atomic mass is 10.0. The first-order chi connectivity index (χ1) is 12.7. The number of amides is 1. The molecule has 0 aliphatic heterocycles. The number of aliphatic carboxylic acids is 1. The molecule has 2 N–H and O–H groups in total. The van der Waals surface area contributed by atoms with Crippen LogP contribution in [0.2, 0.25) is 0 Å². The molecule has 5 heteroatoms. The highest BCUT2D eigenvalue weighted by Gasteiger charge is 2.23. The number of hydrogen-bond acceptors (Lipinski definition) is 2. The van der Waals surface area contributed by atoms with Crippen molar-refractivity contribution in [2.45, 2.75) is 25.3 Å². The number of carbonyl (C=O) groups excluding carboxylic acids is 1. The summed E-state index contributed by atoms with van der Waals surface area (Å²) in [5.74, 6) is -1.14. The van der Waals surface area contributed by atoms with Crippen LogP contribution in [-0.2, 0) is 17.6 Å². The Kier molecular flexibility index (Phi) is 7.13. The van der Waals surface area contributed by atoms with E-state index in [1.54, 1.807) is 12.1 Å². The molecule has 0 saturated carbocycles. The fourth-order valence-electron chi connectivity index (χ4n) is 3.06. The molecule has 0 unspecified atom stereocenters. The number of carbonyl (C=O) groups is 2. The zero-order chi connectivity index (χ0) is 19.9. The van der Waals surface area contributed by atoms with Gasteiger partial charge >= 0.3 is 5.97 Å². The molecule has 0 radical (unpaired) electrons. The molecular formula is C22H29N2O3+. The predicted octanol–water partition coefficient (Wildman–Crippen LogP) is 2.75. The number of aryl methyl sites for hydroxylation is 2. The topological polar surface area (TPSA) is 66.4 Å². The number of nitrogens with one attached hydrogen (secondary N) is 1. The van der Waals surface area contributed by atoms with Crippen molar-refractivity contribution in [3.63, 3.8) is 0 Å². The Morgan fingerprint density at radius 1 is 0.926 bits per heavy atom. The number of carboxylic acids is 1. The number of quaternary nitrogens is 1. The molecule has 2 rings (SSSR count). The van der Waals surface area contributed by atoms with E-state index in [1.807, 2.05) is 51.5 Å². The summed E-state index contributed by atoms with van der Waals surface area (Å²) in [6, 6.07) is 17.4. The fraction of sp³-hybridized carbons (Fsp3) is 0.364. The van der Waals surface area contributed by atoms with Crippen molar-refractivity contribution in [3.8, 4) is 0 Å². The Balaban J connectivity index is 1.95. The molecule has 0 heterocycles. The molecule has 0 saturated heterocycles. The second-order valence-electron chi connectivity index (χ2n) is 7.92. The summed E-state index contributed by atoms with van der Waals surface area (Å²) in [5, 5.41) is 12.0. The van der Waals surface area contributed by atoms with E-state index in [-0.39, 0.29) is 12.3 Å². The van der Waals surface area contributed by atoms with E-state index in [0.717, 1.165) is 12.8 Å². The minimum atomic E-state index is -0.912. The van der Waals surface area contributed by atoms with Gasteiger partial charge in [-0.05, 0) is 36.1 Å². The summed E-state index contributed by atoms with van der Waals surface area (Å²) < 4.78 is 0.580. The molecule has 0 aliphatic carbocycles. The first-order valence-corrected chi connectivity index (χ1v) is 9.19. The number of benzene rings is 2.